The lowest BCUT2D eigenvalue weighted by atomic mass is 10.0. The summed E-state index contributed by atoms with van der Waals surface area (Å²) in [5.74, 6) is 0. The van der Waals surface area contributed by atoms with Crippen molar-refractivity contribution < 1.29 is 8.42 Å². The maximum atomic E-state index is 12.5. The predicted octanol–water partition coefficient (Wildman–Crippen LogP) is 2.39. The number of rotatable bonds is 4. The lowest BCUT2D eigenvalue weighted by molar-refractivity contribution is 0.514. The molecule has 0 aliphatic heterocycles. The standard InChI is InChI=1S/C13H17N3O3S3/c1-22(18,19)15-16-12(17)11-10(7-8-20-11)14-13(16)21-9-5-3-2-4-6-9/h7-9,15H,2-6H2,1H3. The first-order valence-corrected chi connectivity index (χ1v) is 10.7. The summed E-state index contributed by atoms with van der Waals surface area (Å²) in [6.45, 7) is 0. The highest BCUT2D eigenvalue weighted by Gasteiger charge is 2.21. The maximum absolute atomic E-state index is 12.5. The van der Waals surface area contributed by atoms with Gasteiger partial charge in [-0.25, -0.2) is 18.2 Å². The van der Waals surface area contributed by atoms with Crippen molar-refractivity contribution in [3.63, 3.8) is 0 Å². The number of thioether (sulfide) groups is 1. The third kappa shape index (κ3) is 3.47. The Balaban J connectivity index is 2.05. The van der Waals surface area contributed by atoms with Crippen molar-refractivity contribution >= 4 is 43.3 Å². The number of nitrogens with zero attached hydrogens (tertiary/aromatic N) is 2. The Hall–Kier alpha value is -1.06. The van der Waals surface area contributed by atoms with Gasteiger partial charge in [0.1, 0.15) is 4.70 Å². The van der Waals surface area contributed by atoms with Crippen molar-refractivity contribution in [1.29, 1.82) is 0 Å². The van der Waals surface area contributed by atoms with Gasteiger partial charge >= 0.3 is 0 Å². The smallest absolute Gasteiger partial charge is 0.266 e. The molecule has 0 unspecified atom stereocenters. The van der Waals surface area contributed by atoms with Crippen molar-refractivity contribution in [2.75, 3.05) is 11.1 Å². The number of hydrogen-bond donors (Lipinski definition) is 1. The van der Waals surface area contributed by atoms with Gasteiger partial charge in [0, 0.05) is 5.25 Å². The minimum atomic E-state index is -3.55. The van der Waals surface area contributed by atoms with Gasteiger partial charge in [0.25, 0.3) is 5.56 Å². The zero-order valence-electron chi connectivity index (χ0n) is 12.1. The highest BCUT2D eigenvalue weighted by molar-refractivity contribution is 7.99. The Morgan fingerprint density at radius 1 is 1.36 bits per heavy atom. The molecule has 0 atom stereocenters. The summed E-state index contributed by atoms with van der Waals surface area (Å²) < 4.78 is 24.7. The van der Waals surface area contributed by atoms with Gasteiger partial charge in [-0.3, -0.25) is 4.79 Å². The summed E-state index contributed by atoms with van der Waals surface area (Å²) in [4.78, 5) is 19.3. The second-order valence-electron chi connectivity index (χ2n) is 5.41. The molecule has 2 heterocycles. The molecule has 1 N–H and O–H groups in total. The van der Waals surface area contributed by atoms with E-state index in [1.807, 2.05) is 0 Å². The fourth-order valence-corrected chi connectivity index (χ4v) is 5.12. The van der Waals surface area contributed by atoms with E-state index in [0.29, 0.717) is 20.6 Å². The quantitative estimate of drug-likeness (QED) is 0.848. The van der Waals surface area contributed by atoms with E-state index in [-0.39, 0.29) is 5.56 Å². The van der Waals surface area contributed by atoms with Crippen LogP contribution in [0, 0.1) is 0 Å². The Morgan fingerprint density at radius 3 is 2.77 bits per heavy atom. The summed E-state index contributed by atoms with van der Waals surface area (Å²) in [5, 5.41) is 2.59. The molecule has 0 aromatic carbocycles. The van der Waals surface area contributed by atoms with Crippen LogP contribution in [0.3, 0.4) is 0 Å². The lowest BCUT2D eigenvalue weighted by Gasteiger charge is -2.22. The van der Waals surface area contributed by atoms with E-state index in [4.69, 9.17) is 0 Å². The molecular formula is C13H17N3O3S3. The van der Waals surface area contributed by atoms with Crippen LogP contribution in [0.5, 0.6) is 0 Å². The third-order valence-corrected chi connectivity index (χ3v) is 6.23. The monoisotopic (exact) mass is 359 g/mol. The van der Waals surface area contributed by atoms with Gasteiger partial charge in [-0.1, -0.05) is 31.0 Å². The van der Waals surface area contributed by atoms with E-state index in [1.165, 1.54) is 42.4 Å². The molecule has 0 radical (unpaired) electrons. The van der Waals surface area contributed by atoms with Gasteiger partial charge in [0.15, 0.2) is 5.16 Å². The van der Waals surface area contributed by atoms with Crippen LogP contribution in [0.2, 0.25) is 0 Å². The van der Waals surface area contributed by atoms with Gasteiger partial charge in [-0.05, 0) is 24.3 Å². The molecule has 0 amide bonds. The van der Waals surface area contributed by atoms with Crippen molar-refractivity contribution in [3.05, 3.63) is 21.8 Å². The zero-order chi connectivity index (χ0) is 15.7. The van der Waals surface area contributed by atoms with Crippen LogP contribution in [-0.2, 0) is 10.0 Å². The molecule has 0 spiro atoms. The van der Waals surface area contributed by atoms with Crippen LogP contribution < -0.4 is 10.4 Å². The van der Waals surface area contributed by atoms with Crippen LogP contribution in [0.25, 0.3) is 10.2 Å². The first-order chi connectivity index (χ1) is 10.4. The molecule has 0 bridgehead atoms. The van der Waals surface area contributed by atoms with Crippen LogP contribution in [0.4, 0.5) is 0 Å². The second kappa shape index (κ2) is 6.21. The number of aromatic nitrogens is 2. The SMILES string of the molecule is CS(=O)(=O)Nn1c(SC2CCCCC2)nc2ccsc2c1=O. The zero-order valence-corrected chi connectivity index (χ0v) is 14.6. The molecule has 0 saturated heterocycles. The van der Waals surface area contributed by atoms with Crippen LogP contribution >= 0.6 is 23.1 Å². The minimum Gasteiger partial charge on any atom is -0.266 e. The van der Waals surface area contributed by atoms with Gasteiger partial charge in [0.2, 0.25) is 10.0 Å². The second-order valence-corrected chi connectivity index (χ2v) is 9.32. The molecule has 3 rings (SSSR count). The summed E-state index contributed by atoms with van der Waals surface area (Å²) >= 11 is 2.76. The van der Waals surface area contributed by atoms with Gasteiger partial charge in [-0.2, -0.15) is 4.68 Å². The lowest BCUT2D eigenvalue weighted by Crippen LogP contribution is -2.34. The van der Waals surface area contributed by atoms with E-state index >= 15 is 0 Å². The first-order valence-electron chi connectivity index (χ1n) is 7.09. The van der Waals surface area contributed by atoms with E-state index in [0.717, 1.165) is 23.8 Å². The maximum Gasteiger partial charge on any atom is 0.291 e. The number of nitrogens with one attached hydrogen (secondary N) is 1. The van der Waals surface area contributed by atoms with Crippen LogP contribution in [0.1, 0.15) is 32.1 Å². The summed E-state index contributed by atoms with van der Waals surface area (Å²) in [7, 11) is -3.55. The number of thiophene rings is 1. The van der Waals surface area contributed by atoms with E-state index < -0.39 is 10.0 Å². The van der Waals surface area contributed by atoms with Gasteiger partial charge in [-0.15, -0.1) is 11.3 Å². The van der Waals surface area contributed by atoms with Crippen LogP contribution in [0.15, 0.2) is 21.4 Å². The fraction of sp³-hybridized carbons (Fsp3) is 0.538. The van der Waals surface area contributed by atoms with Crippen molar-refractivity contribution in [2.45, 2.75) is 42.5 Å². The molecule has 9 heteroatoms. The molecule has 2 aromatic heterocycles. The summed E-state index contributed by atoms with van der Waals surface area (Å²) in [5.41, 5.74) is 0.267. The average molecular weight is 359 g/mol. The Morgan fingerprint density at radius 2 is 2.09 bits per heavy atom. The Bertz CT molecular complexity index is 835. The fourth-order valence-electron chi connectivity index (χ4n) is 2.55. The Labute approximate surface area is 137 Å². The summed E-state index contributed by atoms with van der Waals surface area (Å²) in [6.07, 6.45) is 6.75. The Kier molecular flexibility index (Phi) is 4.47. The normalized spacial score (nSPS) is 17.0. The highest BCUT2D eigenvalue weighted by atomic mass is 32.2. The molecule has 1 aliphatic carbocycles. The van der Waals surface area contributed by atoms with Crippen LogP contribution in [-0.4, -0.2) is 29.6 Å². The van der Waals surface area contributed by atoms with Crippen molar-refractivity contribution in [3.8, 4) is 0 Å². The molecule has 22 heavy (non-hydrogen) atoms. The van der Waals surface area contributed by atoms with Crippen molar-refractivity contribution in [2.24, 2.45) is 0 Å². The summed E-state index contributed by atoms with van der Waals surface area (Å²) in [6, 6.07) is 1.79. The van der Waals surface area contributed by atoms with Gasteiger partial charge < -0.3 is 0 Å². The number of fused-ring (bicyclic) bond motifs is 1. The van der Waals surface area contributed by atoms with Crippen molar-refractivity contribution in [1.82, 2.24) is 9.66 Å². The third-order valence-electron chi connectivity index (χ3n) is 3.53. The molecule has 2 aromatic rings. The first kappa shape index (κ1) is 15.8. The average Bonchev–Trinajstić information content (AvgIpc) is 2.91. The molecule has 1 aliphatic rings. The number of hydrogen-bond acceptors (Lipinski definition) is 6. The molecule has 120 valence electrons. The van der Waals surface area contributed by atoms with E-state index in [2.05, 4.69) is 9.82 Å². The van der Waals surface area contributed by atoms with E-state index in [9.17, 15) is 13.2 Å². The molecule has 6 nitrogen and oxygen atoms in total. The molecular weight excluding hydrogens is 342 g/mol. The molecule has 1 saturated carbocycles. The topological polar surface area (TPSA) is 81.1 Å². The molecule has 1 fully saturated rings. The predicted molar refractivity (Wildman–Crippen MR) is 90.8 cm³/mol. The highest BCUT2D eigenvalue weighted by Crippen LogP contribution is 2.32. The number of sulfonamides is 1. The largest absolute Gasteiger partial charge is 0.291 e. The van der Waals surface area contributed by atoms with E-state index in [1.54, 1.807) is 11.4 Å². The van der Waals surface area contributed by atoms with Gasteiger partial charge in [0.05, 0.1) is 11.8 Å². The minimum absolute atomic E-state index is 0.358.